The Kier molecular flexibility index (Phi) is 4.93. The summed E-state index contributed by atoms with van der Waals surface area (Å²) in [6.07, 6.45) is 6.58. The number of carbonyl (C=O) groups is 2. The van der Waals surface area contributed by atoms with Crippen LogP contribution >= 0.6 is 0 Å². The third-order valence-corrected chi connectivity index (χ3v) is 4.34. The van der Waals surface area contributed by atoms with Gasteiger partial charge in [-0.3, -0.25) is 9.59 Å². The van der Waals surface area contributed by atoms with Crippen molar-refractivity contribution in [1.82, 2.24) is 19.8 Å². The van der Waals surface area contributed by atoms with Crippen LogP contribution in [0.4, 0.5) is 0 Å². The highest BCUT2D eigenvalue weighted by atomic mass is 16.2. The van der Waals surface area contributed by atoms with Crippen LogP contribution in [0.15, 0.2) is 43.0 Å². The van der Waals surface area contributed by atoms with Crippen LogP contribution in [0.5, 0.6) is 0 Å². The summed E-state index contributed by atoms with van der Waals surface area (Å²) in [5.41, 5.74) is 2.25. The average molecular weight is 326 g/mol. The maximum atomic E-state index is 12.5. The number of aryl methyl sites for hydroxylation is 1. The molecule has 1 aromatic carbocycles. The molecule has 0 bridgehead atoms. The van der Waals surface area contributed by atoms with Gasteiger partial charge >= 0.3 is 0 Å². The standard InChI is InChI=1S/C18H22N4O2/c1-14-4-6-15(7-5-14)11-20-18(24)16-3-2-9-22(16)17(23)12-21-10-8-19-13-21/h4-8,10,13,16H,2-3,9,11-12H2,1H3,(H,20,24). The molecule has 1 saturated heterocycles. The molecule has 1 unspecified atom stereocenters. The Labute approximate surface area is 141 Å². The van der Waals surface area contributed by atoms with Gasteiger partial charge in [0.15, 0.2) is 0 Å². The number of imidazole rings is 1. The van der Waals surface area contributed by atoms with Gasteiger partial charge in [-0.05, 0) is 25.3 Å². The molecule has 0 radical (unpaired) electrons. The highest BCUT2D eigenvalue weighted by Gasteiger charge is 2.33. The van der Waals surface area contributed by atoms with E-state index in [1.807, 2.05) is 31.2 Å². The fraction of sp³-hybridized carbons (Fsp3) is 0.389. The predicted octanol–water partition coefficient (Wildman–Crippen LogP) is 1.50. The zero-order valence-electron chi connectivity index (χ0n) is 13.8. The molecule has 1 N–H and O–H groups in total. The van der Waals surface area contributed by atoms with Crippen molar-refractivity contribution in [1.29, 1.82) is 0 Å². The number of hydrogen-bond acceptors (Lipinski definition) is 3. The molecule has 2 aromatic rings. The summed E-state index contributed by atoms with van der Waals surface area (Å²) >= 11 is 0. The molecule has 6 nitrogen and oxygen atoms in total. The van der Waals surface area contributed by atoms with Gasteiger partial charge in [0.1, 0.15) is 12.6 Å². The number of aromatic nitrogens is 2. The highest BCUT2D eigenvalue weighted by Crippen LogP contribution is 2.18. The first-order chi connectivity index (χ1) is 11.6. The minimum absolute atomic E-state index is 0.0408. The van der Waals surface area contributed by atoms with E-state index in [4.69, 9.17) is 0 Å². The topological polar surface area (TPSA) is 67.2 Å². The fourth-order valence-electron chi connectivity index (χ4n) is 2.98. The van der Waals surface area contributed by atoms with Crippen LogP contribution in [0.3, 0.4) is 0 Å². The van der Waals surface area contributed by atoms with Gasteiger partial charge in [0, 0.05) is 25.5 Å². The molecule has 126 valence electrons. The van der Waals surface area contributed by atoms with Crippen LogP contribution < -0.4 is 5.32 Å². The summed E-state index contributed by atoms with van der Waals surface area (Å²) in [6.45, 7) is 3.38. The summed E-state index contributed by atoms with van der Waals surface area (Å²) in [5.74, 6) is -0.118. The second-order valence-electron chi connectivity index (χ2n) is 6.18. The highest BCUT2D eigenvalue weighted by molar-refractivity contribution is 5.88. The fourth-order valence-corrected chi connectivity index (χ4v) is 2.98. The van der Waals surface area contributed by atoms with Crippen LogP contribution in [0.25, 0.3) is 0 Å². The molecule has 0 spiro atoms. The van der Waals surface area contributed by atoms with Gasteiger partial charge in [-0.1, -0.05) is 29.8 Å². The van der Waals surface area contributed by atoms with Crippen molar-refractivity contribution in [3.05, 3.63) is 54.1 Å². The molecule has 3 rings (SSSR count). The molecule has 6 heteroatoms. The summed E-state index contributed by atoms with van der Waals surface area (Å²) in [4.78, 5) is 30.5. The minimum Gasteiger partial charge on any atom is -0.350 e. The lowest BCUT2D eigenvalue weighted by Gasteiger charge is -2.24. The number of nitrogens with one attached hydrogen (secondary N) is 1. The molecular formula is C18H22N4O2. The van der Waals surface area contributed by atoms with Crippen molar-refractivity contribution in [2.24, 2.45) is 0 Å². The SMILES string of the molecule is Cc1ccc(CNC(=O)C2CCCN2C(=O)Cn2ccnc2)cc1. The molecule has 1 aromatic heterocycles. The van der Waals surface area contributed by atoms with Gasteiger partial charge < -0.3 is 14.8 Å². The number of hydrogen-bond donors (Lipinski definition) is 1. The van der Waals surface area contributed by atoms with Gasteiger partial charge in [0.05, 0.1) is 6.33 Å². The molecule has 2 heterocycles. The monoisotopic (exact) mass is 326 g/mol. The van der Waals surface area contributed by atoms with E-state index in [-0.39, 0.29) is 24.4 Å². The van der Waals surface area contributed by atoms with Crippen LogP contribution in [0.1, 0.15) is 24.0 Å². The Morgan fingerprint density at radius 1 is 1.29 bits per heavy atom. The number of nitrogens with zero attached hydrogens (tertiary/aromatic N) is 3. The molecule has 0 saturated carbocycles. The van der Waals surface area contributed by atoms with Crippen molar-refractivity contribution < 1.29 is 9.59 Å². The zero-order valence-corrected chi connectivity index (χ0v) is 13.8. The van der Waals surface area contributed by atoms with Crippen LogP contribution in [0.2, 0.25) is 0 Å². The van der Waals surface area contributed by atoms with E-state index < -0.39 is 0 Å². The number of benzene rings is 1. The average Bonchev–Trinajstić information content (AvgIpc) is 3.25. The Balaban J connectivity index is 1.56. The lowest BCUT2D eigenvalue weighted by Crippen LogP contribution is -2.46. The van der Waals surface area contributed by atoms with Crippen molar-refractivity contribution in [3.8, 4) is 0 Å². The van der Waals surface area contributed by atoms with E-state index in [0.29, 0.717) is 13.1 Å². The molecule has 24 heavy (non-hydrogen) atoms. The van der Waals surface area contributed by atoms with E-state index in [1.165, 1.54) is 5.56 Å². The van der Waals surface area contributed by atoms with Crippen LogP contribution in [-0.2, 0) is 22.7 Å². The first kappa shape index (κ1) is 16.2. The first-order valence-corrected chi connectivity index (χ1v) is 8.22. The Morgan fingerprint density at radius 3 is 2.79 bits per heavy atom. The number of likely N-dealkylation sites (tertiary alicyclic amines) is 1. The van der Waals surface area contributed by atoms with E-state index >= 15 is 0 Å². The van der Waals surface area contributed by atoms with Crippen molar-refractivity contribution in [2.75, 3.05) is 6.54 Å². The maximum Gasteiger partial charge on any atom is 0.243 e. The minimum atomic E-state index is -0.369. The largest absolute Gasteiger partial charge is 0.350 e. The van der Waals surface area contributed by atoms with E-state index in [2.05, 4.69) is 10.3 Å². The summed E-state index contributed by atoms with van der Waals surface area (Å²) < 4.78 is 1.72. The number of rotatable bonds is 5. The lowest BCUT2D eigenvalue weighted by molar-refractivity contribution is -0.139. The third-order valence-electron chi connectivity index (χ3n) is 4.34. The second kappa shape index (κ2) is 7.29. The molecule has 1 aliphatic heterocycles. The Hall–Kier alpha value is -2.63. The Bertz CT molecular complexity index is 694. The van der Waals surface area contributed by atoms with E-state index in [0.717, 1.165) is 18.4 Å². The second-order valence-corrected chi connectivity index (χ2v) is 6.18. The van der Waals surface area contributed by atoms with Crippen molar-refractivity contribution in [2.45, 2.75) is 38.9 Å². The van der Waals surface area contributed by atoms with Gasteiger partial charge in [0.25, 0.3) is 0 Å². The molecule has 0 aliphatic carbocycles. The van der Waals surface area contributed by atoms with Crippen LogP contribution in [-0.4, -0.2) is 38.9 Å². The van der Waals surface area contributed by atoms with Gasteiger partial charge in [-0.2, -0.15) is 0 Å². The van der Waals surface area contributed by atoms with Crippen LogP contribution in [0, 0.1) is 6.92 Å². The predicted molar refractivity (Wildman–Crippen MR) is 90.0 cm³/mol. The van der Waals surface area contributed by atoms with Gasteiger partial charge in [-0.15, -0.1) is 0 Å². The van der Waals surface area contributed by atoms with Crippen molar-refractivity contribution in [3.63, 3.8) is 0 Å². The molecule has 1 aliphatic rings. The summed E-state index contributed by atoms with van der Waals surface area (Å²) in [5, 5.41) is 2.95. The smallest absolute Gasteiger partial charge is 0.243 e. The molecular weight excluding hydrogens is 304 g/mol. The number of carbonyl (C=O) groups excluding carboxylic acids is 2. The van der Waals surface area contributed by atoms with Gasteiger partial charge in [-0.25, -0.2) is 4.98 Å². The lowest BCUT2D eigenvalue weighted by atomic mass is 10.1. The quantitative estimate of drug-likeness (QED) is 0.905. The Morgan fingerprint density at radius 2 is 2.08 bits per heavy atom. The molecule has 1 fully saturated rings. The van der Waals surface area contributed by atoms with E-state index in [9.17, 15) is 9.59 Å². The maximum absolute atomic E-state index is 12.5. The summed E-state index contributed by atoms with van der Waals surface area (Å²) in [7, 11) is 0. The number of amides is 2. The summed E-state index contributed by atoms with van der Waals surface area (Å²) in [6, 6.07) is 7.69. The van der Waals surface area contributed by atoms with Gasteiger partial charge in [0.2, 0.25) is 11.8 Å². The molecule has 2 amide bonds. The van der Waals surface area contributed by atoms with Crippen molar-refractivity contribution >= 4 is 11.8 Å². The van der Waals surface area contributed by atoms with E-state index in [1.54, 1.807) is 28.2 Å². The first-order valence-electron chi connectivity index (χ1n) is 8.22. The zero-order chi connectivity index (χ0) is 16.9. The normalized spacial score (nSPS) is 17.0. The molecule has 1 atom stereocenters. The third kappa shape index (κ3) is 3.82.